The van der Waals surface area contributed by atoms with Crippen molar-refractivity contribution < 1.29 is 13.2 Å². The number of anilines is 1. The van der Waals surface area contributed by atoms with Gasteiger partial charge in [0.05, 0.1) is 9.86 Å². The summed E-state index contributed by atoms with van der Waals surface area (Å²) >= 11 is 2.58. The summed E-state index contributed by atoms with van der Waals surface area (Å²) in [6.07, 6.45) is 0. The average Bonchev–Trinajstić information content (AvgIpc) is 2.54. The third-order valence-electron chi connectivity index (χ3n) is 1.81. The van der Waals surface area contributed by atoms with Gasteiger partial charge < -0.3 is 5.73 Å². The Labute approximate surface area is 84.2 Å². The van der Waals surface area contributed by atoms with Gasteiger partial charge in [0.1, 0.15) is 5.52 Å². The van der Waals surface area contributed by atoms with Crippen LogP contribution in [-0.2, 0) is 0 Å². The molecular formula is C7H3BrF3N3. The first-order valence-corrected chi connectivity index (χ1v) is 4.28. The number of aromatic nitrogens is 2. The minimum Gasteiger partial charge on any atom is -0.382 e. The van der Waals surface area contributed by atoms with Crippen LogP contribution in [0.5, 0.6) is 0 Å². The second-order valence-electron chi connectivity index (χ2n) is 2.61. The van der Waals surface area contributed by atoms with Crippen molar-refractivity contribution in [1.82, 2.24) is 10.2 Å². The van der Waals surface area contributed by atoms with E-state index in [4.69, 9.17) is 5.73 Å². The van der Waals surface area contributed by atoms with Crippen molar-refractivity contribution in [1.29, 1.82) is 0 Å². The summed E-state index contributed by atoms with van der Waals surface area (Å²) in [7, 11) is 0. The molecule has 0 atom stereocenters. The van der Waals surface area contributed by atoms with Crippen molar-refractivity contribution in [3.05, 3.63) is 21.9 Å². The monoisotopic (exact) mass is 265 g/mol. The number of H-pyrrole nitrogens is 1. The number of fused-ring (bicyclic) bond motifs is 1. The van der Waals surface area contributed by atoms with Crippen LogP contribution in [0.4, 0.5) is 19.0 Å². The van der Waals surface area contributed by atoms with E-state index in [1.807, 2.05) is 0 Å². The Hall–Kier alpha value is -1.24. The van der Waals surface area contributed by atoms with Gasteiger partial charge in [-0.1, -0.05) is 0 Å². The van der Waals surface area contributed by atoms with Crippen LogP contribution in [-0.4, -0.2) is 10.2 Å². The lowest BCUT2D eigenvalue weighted by Crippen LogP contribution is -1.94. The molecule has 0 radical (unpaired) electrons. The summed E-state index contributed by atoms with van der Waals surface area (Å²) in [5, 5.41) is 5.19. The molecule has 0 bridgehead atoms. The van der Waals surface area contributed by atoms with Gasteiger partial charge in [0.15, 0.2) is 23.3 Å². The molecule has 74 valence electrons. The minimum atomic E-state index is -1.32. The molecular weight excluding hydrogens is 263 g/mol. The molecule has 1 aromatic heterocycles. The zero-order valence-electron chi connectivity index (χ0n) is 6.54. The fourth-order valence-corrected chi connectivity index (χ4v) is 1.52. The molecule has 7 heteroatoms. The maximum Gasteiger partial charge on any atom is 0.176 e. The third kappa shape index (κ3) is 1.02. The van der Waals surface area contributed by atoms with Crippen LogP contribution in [0.1, 0.15) is 0 Å². The first-order valence-electron chi connectivity index (χ1n) is 3.49. The molecule has 1 heterocycles. The van der Waals surface area contributed by atoms with Gasteiger partial charge in [0, 0.05) is 0 Å². The number of nitrogens with two attached hydrogens (primary N) is 1. The predicted molar refractivity (Wildman–Crippen MR) is 48.1 cm³/mol. The van der Waals surface area contributed by atoms with Crippen LogP contribution in [0.2, 0.25) is 0 Å². The standard InChI is InChI=1S/C7H3BrF3N3/c8-2-4(10)3(9)1-6(5(2)11)13-14-7(1)12/h(H3,12,13,14). The highest BCUT2D eigenvalue weighted by Gasteiger charge is 2.21. The number of hydrogen-bond acceptors (Lipinski definition) is 2. The van der Waals surface area contributed by atoms with Crippen LogP contribution in [0, 0.1) is 17.5 Å². The molecule has 2 aromatic rings. The van der Waals surface area contributed by atoms with Gasteiger partial charge in [-0.2, -0.15) is 5.10 Å². The average molecular weight is 266 g/mol. The normalized spacial score (nSPS) is 11.1. The lowest BCUT2D eigenvalue weighted by atomic mass is 10.2. The van der Waals surface area contributed by atoms with Crippen molar-refractivity contribution in [3.63, 3.8) is 0 Å². The Balaban J connectivity index is 3.05. The van der Waals surface area contributed by atoms with E-state index >= 15 is 0 Å². The molecule has 0 aliphatic rings. The topological polar surface area (TPSA) is 54.7 Å². The number of aromatic amines is 1. The van der Waals surface area contributed by atoms with E-state index in [0.29, 0.717) is 0 Å². The molecule has 0 saturated carbocycles. The van der Waals surface area contributed by atoms with Crippen LogP contribution >= 0.6 is 15.9 Å². The maximum absolute atomic E-state index is 13.3. The molecule has 14 heavy (non-hydrogen) atoms. The predicted octanol–water partition coefficient (Wildman–Crippen LogP) is 2.32. The Morgan fingerprint density at radius 2 is 1.79 bits per heavy atom. The van der Waals surface area contributed by atoms with E-state index in [1.165, 1.54) is 0 Å². The molecule has 3 nitrogen and oxygen atoms in total. The van der Waals surface area contributed by atoms with Crippen LogP contribution in [0.15, 0.2) is 4.47 Å². The lowest BCUT2D eigenvalue weighted by Gasteiger charge is -2.00. The van der Waals surface area contributed by atoms with Gasteiger partial charge in [-0.05, 0) is 15.9 Å². The van der Waals surface area contributed by atoms with Gasteiger partial charge >= 0.3 is 0 Å². The molecule has 0 spiro atoms. The Kier molecular flexibility index (Phi) is 1.91. The van der Waals surface area contributed by atoms with Crippen molar-refractivity contribution in [2.24, 2.45) is 0 Å². The zero-order chi connectivity index (χ0) is 10.5. The number of nitrogen functional groups attached to an aromatic ring is 1. The third-order valence-corrected chi connectivity index (χ3v) is 2.51. The fraction of sp³-hybridized carbons (Fsp3) is 0. The Morgan fingerprint density at radius 3 is 2.43 bits per heavy atom. The van der Waals surface area contributed by atoms with Gasteiger partial charge in [-0.3, -0.25) is 5.10 Å². The molecule has 3 N–H and O–H groups in total. The van der Waals surface area contributed by atoms with E-state index < -0.39 is 21.9 Å². The number of hydrogen-bond donors (Lipinski definition) is 2. The zero-order valence-corrected chi connectivity index (χ0v) is 8.12. The van der Waals surface area contributed by atoms with Crippen molar-refractivity contribution >= 4 is 32.7 Å². The number of rotatable bonds is 0. The SMILES string of the molecule is Nc1n[nH]c2c(F)c(Br)c(F)c(F)c12. The molecule has 0 unspecified atom stereocenters. The summed E-state index contributed by atoms with van der Waals surface area (Å²) in [6, 6.07) is 0. The van der Waals surface area contributed by atoms with Crippen molar-refractivity contribution in [3.8, 4) is 0 Å². The van der Waals surface area contributed by atoms with E-state index in [2.05, 4.69) is 26.1 Å². The molecule has 0 saturated heterocycles. The largest absolute Gasteiger partial charge is 0.382 e. The summed E-state index contributed by atoms with van der Waals surface area (Å²) in [4.78, 5) is 0. The summed E-state index contributed by atoms with van der Waals surface area (Å²) in [6.45, 7) is 0. The lowest BCUT2D eigenvalue weighted by molar-refractivity contribution is 0.499. The molecule has 1 aromatic carbocycles. The van der Waals surface area contributed by atoms with Crippen LogP contribution in [0.3, 0.4) is 0 Å². The quantitative estimate of drug-likeness (QED) is 0.568. The maximum atomic E-state index is 13.3. The fourth-order valence-electron chi connectivity index (χ4n) is 1.15. The van der Waals surface area contributed by atoms with Crippen LogP contribution in [0.25, 0.3) is 10.9 Å². The molecule has 0 aliphatic heterocycles. The molecule has 2 rings (SSSR count). The minimum absolute atomic E-state index is 0.256. The van der Waals surface area contributed by atoms with E-state index in [9.17, 15) is 13.2 Å². The van der Waals surface area contributed by atoms with E-state index in [-0.39, 0.29) is 16.7 Å². The Bertz CT molecular complexity index is 523. The van der Waals surface area contributed by atoms with Crippen molar-refractivity contribution in [2.75, 3.05) is 5.73 Å². The van der Waals surface area contributed by atoms with E-state index in [1.54, 1.807) is 0 Å². The molecule has 0 aliphatic carbocycles. The second kappa shape index (κ2) is 2.88. The first kappa shape index (κ1) is 9.32. The second-order valence-corrected chi connectivity index (χ2v) is 3.41. The highest BCUT2D eigenvalue weighted by molar-refractivity contribution is 9.10. The Morgan fingerprint density at radius 1 is 1.14 bits per heavy atom. The number of nitrogens with zero attached hydrogens (tertiary/aromatic N) is 1. The highest BCUT2D eigenvalue weighted by atomic mass is 79.9. The number of benzene rings is 1. The molecule has 0 fully saturated rings. The van der Waals surface area contributed by atoms with Gasteiger partial charge in [0.25, 0.3) is 0 Å². The number of nitrogens with one attached hydrogen (secondary N) is 1. The summed E-state index contributed by atoms with van der Waals surface area (Å²) in [5.74, 6) is -3.77. The molecule has 0 amide bonds. The van der Waals surface area contributed by atoms with Gasteiger partial charge in [-0.15, -0.1) is 0 Å². The highest BCUT2D eigenvalue weighted by Crippen LogP contribution is 2.32. The van der Waals surface area contributed by atoms with Gasteiger partial charge in [-0.25, -0.2) is 13.2 Å². The van der Waals surface area contributed by atoms with Gasteiger partial charge in [0.2, 0.25) is 0 Å². The number of halogens is 4. The van der Waals surface area contributed by atoms with E-state index in [0.717, 1.165) is 0 Å². The summed E-state index contributed by atoms with van der Waals surface area (Å²) in [5.41, 5.74) is 4.98. The summed E-state index contributed by atoms with van der Waals surface area (Å²) < 4.78 is 38.9. The smallest absolute Gasteiger partial charge is 0.176 e. The first-order chi connectivity index (χ1) is 6.54. The van der Waals surface area contributed by atoms with Crippen LogP contribution < -0.4 is 5.73 Å². The van der Waals surface area contributed by atoms with Crippen molar-refractivity contribution in [2.45, 2.75) is 0 Å².